The van der Waals surface area contributed by atoms with E-state index in [-0.39, 0.29) is 11.1 Å². The summed E-state index contributed by atoms with van der Waals surface area (Å²) in [5, 5.41) is 18.4. The first-order valence-electron chi connectivity index (χ1n) is 8.39. The lowest BCUT2D eigenvalue weighted by molar-refractivity contribution is 0.0960. The summed E-state index contributed by atoms with van der Waals surface area (Å²) < 4.78 is 15.4. The molecule has 1 aromatic carbocycles. The van der Waals surface area contributed by atoms with Gasteiger partial charge in [0.25, 0.3) is 11.8 Å². The number of aryl methyl sites for hydroxylation is 2. The van der Waals surface area contributed by atoms with Gasteiger partial charge in [0.05, 0.1) is 11.1 Å². The number of nitrogens with zero attached hydrogens (tertiary/aromatic N) is 2. The third-order valence-corrected chi connectivity index (χ3v) is 3.05. The van der Waals surface area contributed by atoms with Gasteiger partial charge in [-0.05, 0) is 13.0 Å². The molecule has 2 aromatic rings. The minimum absolute atomic E-state index is 0.188. The van der Waals surface area contributed by atoms with Gasteiger partial charge in [-0.15, -0.1) is 0 Å². The normalized spacial score (nSPS) is 9.23. The van der Waals surface area contributed by atoms with E-state index in [1.54, 1.807) is 20.2 Å². The Hall–Kier alpha value is -2.90. The number of halogens is 1. The van der Waals surface area contributed by atoms with Gasteiger partial charge in [0.1, 0.15) is 11.6 Å². The van der Waals surface area contributed by atoms with E-state index in [2.05, 4.69) is 15.7 Å². The van der Waals surface area contributed by atoms with Crippen LogP contribution in [0, 0.1) is 12.7 Å². The number of phenolic OH excluding ortho intramolecular Hbond substituents is 1. The number of aromatic hydroxyl groups is 1. The summed E-state index contributed by atoms with van der Waals surface area (Å²) in [5.74, 6) is -2.56. The second-order valence-electron chi connectivity index (χ2n) is 4.72. The molecule has 1 aromatic heterocycles. The molecule has 0 saturated heterocycles. The van der Waals surface area contributed by atoms with Crippen LogP contribution in [0.5, 0.6) is 5.75 Å². The fourth-order valence-electron chi connectivity index (χ4n) is 1.96. The van der Waals surface area contributed by atoms with E-state index in [0.29, 0.717) is 11.4 Å². The molecule has 7 nitrogen and oxygen atoms in total. The van der Waals surface area contributed by atoms with Crippen molar-refractivity contribution in [2.24, 2.45) is 7.05 Å². The van der Waals surface area contributed by atoms with Crippen LogP contribution in [0.3, 0.4) is 0 Å². The zero-order valence-electron chi connectivity index (χ0n) is 16.3. The molecule has 0 aliphatic heterocycles. The summed E-state index contributed by atoms with van der Waals surface area (Å²) >= 11 is 0. The predicted molar refractivity (Wildman–Crippen MR) is 100 cm³/mol. The number of amides is 2. The molecule has 1 heterocycles. The van der Waals surface area contributed by atoms with E-state index in [1.165, 1.54) is 11.7 Å². The summed E-state index contributed by atoms with van der Waals surface area (Å²) in [6.45, 7) is 9.74. The number of aromatic nitrogens is 2. The van der Waals surface area contributed by atoms with Crippen LogP contribution in [0.1, 0.15) is 54.0 Å². The first-order chi connectivity index (χ1) is 12.3. The highest BCUT2D eigenvalue weighted by Gasteiger charge is 2.20. The molecule has 0 aliphatic carbocycles. The van der Waals surface area contributed by atoms with E-state index < -0.39 is 23.4 Å². The van der Waals surface area contributed by atoms with Gasteiger partial charge in [-0.25, -0.2) is 4.39 Å². The van der Waals surface area contributed by atoms with Gasteiger partial charge in [0, 0.05) is 31.9 Å². The molecule has 0 unspecified atom stereocenters. The average Bonchev–Trinajstić information content (AvgIpc) is 2.94. The van der Waals surface area contributed by atoms with Crippen molar-refractivity contribution in [1.82, 2.24) is 15.1 Å². The number of carbonyl (C=O) groups excluding carboxylic acids is 2. The van der Waals surface area contributed by atoms with Crippen molar-refractivity contribution in [3.63, 3.8) is 0 Å². The molecular weight excluding hydrogens is 339 g/mol. The summed E-state index contributed by atoms with van der Waals surface area (Å²) in [6, 6.07) is 1.72. The second kappa shape index (κ2) is 10.9. The van der Waals surface area contributed by atoms with Crippen molar-refractivity contribution in [1.29, 1.82) is 0 Å². The molecule has 0 aliphatic rings. The van der Waals surface area contributed by atoms with E-state index in [9.17, 15) is 19.1 Å². The molecule has 8 heteroatoms. The third-order valence-electron chi connectivity index (χ3n) is 3.05. The Morgan fingerprint density at radius 1 is 1.12 bits per heavy atom. The maximum Gasteiger partial charge on any atom is 0.259 e. The molecule has 0 bridgehead atoms. The molecule has 2 amide bonds. The van der Waals surface area contributed by atoms with E-state index in [0.717, 1.165) is 12.1 Å². The highest BCUT2D eigenvalue weighted by Crippen LogP contribution is 2.23. The molecular formula is C18H27FN4O3. The number of rotatable bonds is 3. The van der Waals surface area contributed by atoms with Crippen molar-refractivity contribution in [2.75, 3.05) is 12.4 Å². The lowest BCUT2D eigenvalue weighted by atomic mass is 10.1. The lowest BCUT2D eigenvalue weighted by Gasteiger charge is -2.08. The predicted octanol–water partition coefficient (Wildman–Crippen LogP) is 3.24. The van der Waals surface area contributed by atoms with Gasteiger partial charge in [-0.2, -0.15) is 5.10 Å². The van der Waals surface area contributed by atoms with E-state index >= 15 is 0 Å². The topological polar surface area (TPSA) is 96.3 Å². The first kappa shape index (κ1) is 23.1. The Morgan fingerprint density at radius 3 is 2.15 bits per heavy atom. The largest absolute Gasteiger partial charge is 0.507 e. The van der Waals surface area contributed by atoms with Crippen molar-refractivity contribution in [3.05, 3.63) is 40.8 Å². The molecule has 0 radical (unpaired) electrons. The first-order valence-corrected chi connectivity index (χ1v) is 8.39. The molecule has 2 rings (SSSR count). The molecule has 0 atom stereocenters. The van der Waals surface area contributed by atoms with Crippen molar-refractivity contribution in [2.45, 2.75) is 34.6 Å². The third kappa shape index (κ3) is 5.58. The van der Waals surface area contributed by atoms with Crippen LogP contribution in [-0.2, 0) is 7.05 Å². The maximum absolute atomic E-state index is 13.9. The van der Waals surface area contributed by atoms with Gasteiger partial charge in [-0.1, -0.05) is 27.7 Å². The Labute approximate surface area is 153 Å². The summed E-state index contributed by atoms with van der Waals surface area (Å²) in [6.07, 6.45) is 1.69. The maximum atomic E-state index is 13.9. The fraction of sp³-hybridized carbons (Fsp3) is 0.389. The van der Waals surface area contributed by atoms with Gasteiger partial charge in [0.2, 0.25) is 0 Å². The zero-order chi connectivity index (χ0) is 20.4. The van der Waals surface area contributed by atoms with E-state index in [1.807, 2.05) is 27.7 Å². The van der Waals surface area contributed by atoms with Crippen molar-refractivity contribution in [3.8, 4) is 5.75 Å². The molecule has 3 N–H and O–H groups in total. The van der Waals surface area contributed by atoms with Gasteiger partial charge in [-0.3, -0.25) is 14.3 Å². The molecule has 144 valence electrons. The summed E-state index contributed by atoms with van der Waals surface area (Å²) in [7, 11) is 3.05. The lowest BCUT2D eigenvalue weighted by Crippen LogP contribution is -2.20. The van der Waals surface area contributed by atoms with Gasteiger partial charge in [0.15, 0.2) is 5.82 Å². The monoisotopic (exact) mass is 366 g/mol. The Kier molecular flexibility index (Phi) is 9.65. The summed E-state index contributed by atoms with van der Waals surface area (Å²) in [5.41, 5.74) is 0.162. The zero-order valence-corrected chi connectivity index (χ0v) is 16.3. The molecule has 0 spiro atoms. The SMILES string of the molecule is CC.CC.CNC(=O)c1cc(C(=O)Nc2nn(C)cc2C)c(F)cc1O. The van der Waals surface area contributed by atoms with Crippen LogP contribution in [0.15, 0.2) is 18.3 Å². The minimum Gasteiger partial charge on any atom is -0.507 e. The number of hydrogen-bond acceptors (Lipinski definition) is 4. The number of phenols is 1. The summed E-state index contributed by atoms with van der Waals surface area (Å²) in [4.78, 5) is 23.8. The van der Waals surface area contributed by atoms with Crippen LogP contribution in [-0.4, -0.2) is 33.7 Å². The average molecular weight is 366 g/mol. The molecule has 26 heavy (non-hydrogen) atoms. The fourth-order valence-corrected chi connectivity index (χ4v) is 1.96. The Balaban J connectivity index is 0.00000146. The van der Waals surface area contributed by atoms with Crippen LogP contribution in [0.2, 0.25) is 0 Å². The second-order valence-corrected chi connectivity index (χ2v) is 4.72. The number of nitrogens with one attached hydrogen (secondary N) is 2. The van der Waals surface area contributed by atoms with Gasteiger partial charge >= 0.3 is 0 Å². The number of benzene rings is 1. The highest BCUT2D eigenvalue weighted by atomic mass is 19.1. The van der Waals surface area contributed by atoms with Crippen molar-refractivity contribution < 1.29 is 19.1 Å². The van der Waals surface area contributed by atoms with Crippen LogP contribution >= 0.6 is 0 Å². The quantitative estimate of drug-likeness (QED) is 0.777. The Bertz CT molecular complexity index is 757. The van der Waals surface area contributed by atoms with Crippen LogP contribution in [0.25, 0.3) is 0 Å². The minimum atomic E-state index is -0.934. The standard InChI is InChI=1S/C14H15FN4O3.2C2H6/c1-7-6-19(3)18-12(7)17-14(22)8-4-9(13(21)16-2)11(20)5-10(8)15;2*1-2/h4-6,20H,1-3H3,(H,16,21)(H,17,18,22);2*1-2H3. The van der Waals surface area contributed by atoms with E-state index in [4.69, 9.17) is 0 Å². The highest BCUT2D eigenvalue weighted by molar-refractivity contribution is 6.06. The number of anilines is 1. The molecule has 0 saturated carbocycles. The van der Waals surface area contributed by atoms with Crippen LogP contribution in [0.4, 0.5) is 10.2 Å². The van der Waals surface area contributed by atoms with Crippen molar-refractivity contribution >= 4 is 17.6 Å². The van der Waals surface area contributed by atoms with Gasteiger partial charge < -0.3 is 15.7 Å². The number of hydrogen-bond donors (Lipinski definition) is 3. The Morgan fingerprint density at radius 2 is 1.69 bits per heavy atom. The number of carbonyl (C=O) groups is 2. The van der Waals surface area contributed by atoms with Crippen LogP contribution < -0.4 is 10.6 Å². The smallest absolute Gasteiger partial charge is 0.259 e. The molecule has 0 fully saturated rings.